The van der Waals surface area contributed by atoms with Gasteiger partial charge in [0.25, 0.3) is 5.91 Å². The fourth-order valence-electron chi connectivity index (χ4n) is 1.62. The number of benzene rings is 1. The summed E-state index contributed by atoms with van der Waals surface area (Å²) in [5, 5.41) is 3.20. The first-order chi connectivity index (χ1) is 8.81. The molecule has 0 bridgehead atoms. The monoisotopic (exact) mass is 268 g/mol. The molecule has 1 fully saturated rings. The van der Waals surface area contributed by atoms with Crippen LogP contribution in [0, 0.1) is 0 Å². The quantitative estimate of drug-likeness (QED) is 0.798. The van der Waals surface area contributed by atoms with Crippen LogP contribution in [0.5, 0.6) is 5.75 Å². The molecule has 1 aromatic carbocycles. The van der Waals surface area contributed by atoms with Crippen molar-refractivity contribution in [1.82, 2.24) is 10.0 Å². The lowest BCUT2D eigenvalue weighted by Gasteiger charge is -2.22. The Bertz CT molecular complexity index is 408. The summed E-state index contributed by atoms with van der Waals surface area (Å²) in [6.45, 7) is 2.26. The van der Waals surface area contributed by atoms with Crippen molar-refractivity contribution in [3.63, 3.8) is 0 Å². The molecule has 0 saturated carbocycles. The molecule has 6 heteroatoms. The molecule has 98 valence electrons. The predicted molar refractivity (Wildman–Crippen MR) is 70.7 cm³/mol. The Morgan fingerprint density at radius 2 is 2.39 bits per heavy atom. The Morgan fingerprint density at radius 3 is 3.11 bits per heavy atom. The van der Waals surface area contributed by atoms with Crippen LogP contribution in [0.1, 0.15) is 10.4 Å². The van der Waals surface area contributed by atoms with Gasteiger partial charge in [-0.2, -0.15) is 0 Å². The van der Waals surface area contributed by atoms with E-state index in [2.05, 4.69) is 10.0 Å². The minimum atomic E-state index is -0.174. The Morgan fingerprint density at radius 1 is 1.56 bits per heavy atom. The highest BCUT2D eigenvalue weighted by Crippen LogP contribution is 2.19. The summed E-state index contributed by atoms with van der Waals surface area (Å²) >= 11 is 1.28. The van der Waals surface area contributed by atoms with Crippen molar-refractivity contribution in [2.45, 2.75) is 5.44 Å². The molecule has 5 nitrogen and oxygen atoms in total. The van der Waals surface area contributed by atoms with E-state index in [0.29, 0.717) is 17.9 Å². The molecule has 1 amide bonds. The van der Waals surface area contributed by atoms with E-state index < -0.39 is 0 Å². The highest BCUT2D eigenvalue weighted by Gasteiger charge is 2.17. The molecule has 18 heavy (non-hydrogen) atoms. The van der Waals surface area contributed by atoms with Gasteiger partial charge in [0, 0.05) is 13.1 Å². The van der Waals surface area contributed by atoms with Crippen LogP contribution in [-0.2, 0) is 4.74 Å². The van der Waals surface area contributed by atoms with E-state index in [1.165, 1.54) is 11.9 Å². The zero-order chi connectivity index (χ0) is 12.8. The number of methoxy groups -OCH3 is 1. The first-order valence-electron chi connectivity index (χ1n) is 5.72. The third kappa shape index (κ3) is 3.38. The second-order valence-corrected chi connectivity index (χ2v) is 4.72. The standard InChI is InChI=1S/C12H16N2O3S/c1-16-10-5-3-2-4-9(10)12(15)14-18-11-8-13-6-7-17-11/h2-5,11,13H,6-8H2,1H3,(H,14,15). The summed E-state index contributed by atoms with van der Waals surface area (Å²) in [6, 6.07) is 7.13. The summed E-state index contributed by atoms with van der Waals surface area (Å²) in [7, 11) is 1.55. The maximum atomic E-state index is 12.0. The molecule has 1 unspecified atom stereocenters. The lowest BCUT2D eigenvalue weighted by Crippen LogP contribution is -2.38. The number of carbonyl (C=O) groups is 1. The van der Waals surface area contributed by atoms with E-state index in [0.717, 1.165) is 13.1 Å². The predicted octanol–water partition coefficient (Wildman–Crippen LogP) is 1.02. The molecule has 1 aliphatic heterocycles. The number of carbonyl (C=O) groups excluding carboxylic acids is 1. The highest BCUT2D eigenvalue weighted by atomic mass is 32.2. The number of para-hydroxylation sites is 1. The Kier molecular flexibility index (Phi) is 4.86. The van der Waals surface area contributed by atoms with Crippen LogP contribution in [0.3, 0.4) is 0 Å². The van der Waals surface area contributed by atoms with Crippen molar-refractivity contribution >= 4 is 17.9 Å². The lowest BCUT2D eigenvalue weighted by atomic mass is 10.2. The summed E-state index contributed by atoms with van der Waals surface area (Å²) in [6.07, 6.45) is 0. The van der Waals surface area contributed by atoms with Gasteiger partial charge in [0.1, 0.15) is 11.2 Å². The maximum absolute atomic E-state index is 12.0. The van der Waals surface area contributed by atoms with Crippen LogP contribution in [-0.4, -0.2) is 38.1 Å². The Hall–Kier alpha value is -1.24. The molecule has 1 aliphatic rings. The summed E-state index contributed by atoms with van der Waals surface area (Å²) in [5.41, 5.74) is 0.480. The van der Waals surface area contributed by atoms with E-state index >= 15 is 0 Å². The highest BCUT2D eigenvalue weighted by molar-refractivity contribution is 7.98. The number of hydrogen-bond acceptors (Lipinski definition) is 5. The first kappa shape index (κ1) is 13.2. The molecule has 2 rings (SSSR count). The molecule has 0 spiro atoms. The maximum Gasteiger partial charge on any atom is 0.264 e. The number of hydrogen-bond donors (Lipinski definition) is 2. The van der Waals surface area contributed by atoms with Gasteiger partial charge in [-0.25, -0.2) is 0 Å². The molecule has 1 heterocycles. The number of nitrogens with one attached hydrogen (secondary N) is 2. The second-order valence-electron chi connectivity index (χ2n) is 3.75. The van der Waals surface area contributed by atoms with Gasteiger partial charge in [-0.3, -0.25) is 9.52 Å². The lowest BCUT2D eigenvalue weighted by molar-refractivity contribution is 0.0835. The summed E-state index contributed by atoms with van der Waals surface area (Å²) < 4.78 is 13.4. The third-order valence-electron chi connectivity index (χ3n) is 2.53. The molecule has 1 aromatic rings. The number of morpholine rings is 1. The van der Waals surface area contributed by atoms with E-state index in [9.17, 15) is 4.79 Å². The fraction of sp³-hybridized carbons (Fsp3) is 0.417. The minimum Gasteiger partial charge on any atom is -0.496 e. The largest absolute Gasteiger partial charge is 0.496 e. The van der Waals surface area contributed by atoms with Crippen molar-refractivity contribution in [1.29, 1.82) is 0 Å². The number of amides is 1. The van der Waals surface area contributed by atoms with Crippen LogP contribution in [0.25, 0.3) is 0 Å². The van der Waals surface area contributed by atoms with Gasteiger partial charge in [0.15, 0.2) is 0 Å². The topological polar surface area (TPSA) is 59.6 Å². The van der Waals surface area contributed by atoms with E-state index in [1.54, 1.807) is 25.3 Å². The normalized spacial score (nSPS) is 19.3. The Labute approximate surface area is 110 Å². The van der Waals surface area contributed by atoms with Gasteiger partial charge in [-0.1, -0.05) is 12.1 Å². The zero-order valence-corrected chi connectivity index (χ0v) is 11.0. The van der Waals surface area contributed by atoms with Gasteiger partial charge >= 0.3 is 0 Å². The second kappa shape index (κ2) is 6.63. The van der Waals surface area contributed by atoms with E-state index in [-0.39, 0.29) is 11.3 Å². The zero-order valence-electron chi connectivity index (χ0n) is 10.1. The van der Waals surface area contributed by atoms with Crippen molar-refractivity contribution in [3.8, 4) is 5.75 Å². The average molecular weight is 268 g/mol. The molecular formula is C12H16N2O3S. The molecule has 0 aromatic heterocycles. The fourth-order valence-corrected chi connectivity index (χ4v) is 2.34. The van der Waals surface area contributed by atoms with Gasteiger partial charge < -0.3 is 14.8 Å². The molecular weight excluding hydrogens is 252 g/mol. The van der Waals surface area contributed by atoms with Crippen LogP contribution in [0.2, 0.25) is 0 Å². The Balaban J connectivity index is 1.90. The van der Waals surface area contributed by atoms with Crippen LogP contribution >= 0.6 is 11.9 Å². The summed E-state index contributed by atoms with van der Waals surface area (Å²) in [4.78, 5) is 12.0. The van der Waals surface area contributed by atoms with E-state index in [1.807, 2.05) is 6.07 Å². The van der Waals surface area contributed by atoms with Crippen LogP contribution in [0.15, 0.2) is 24.3 Å². The third-order valence-corrected chi connectivity index (χ3v) is 3.40. The van der Waals surface area contributed by atoms with Gasteiger partial charge in [0.2, 0.25) is 0 Å². The van der Waals surface area contributed by atoms with E-state index in [4.69, 9.17) is 9.47 Å². The SMILES string of the molecule is COc1ccccc1C(=O)NSC1CNCCO1. The van der Waals surface area contributed by atoms with Gasteiger partial charge in [0.05, 0.1) is 19.3 Å². The molecule has 1 saturated heterocycles. The van der Waals surface area contributed by atoms with Crippen LogP contribution in [0.4, 0.5) is 0 Å². The molecule has 2 N–H and O–H groups in total. The number of ether oxygens (including phenoxy) is 2. The van der Waals surface area contributed by atoms with Crippen molar-refractivity contribution in [2.75, 3.05) is 26.8 Å². The van der Waals surface area contributed by atoms with Crippen LogP contribution < -0.4 is 14.8 Å². The van der Waals surface area contributed by atoms with Gasteiger partial charge in [-0.15, -0.1) is 0 Å². The average Bonchev–Trinajstić information content (AvgIpc) is 2.45. The molecule has 0 radical (unpaired) electrons. The van der Waals surface area contributed by atoms with Crippen molar-refractivity contribution in [3.05, 3.63) is 29.8 Å². The van der Waals surface area contributed by atoms with Crippen molar-refractivity contribution < 1.29 is 14.3 Å². The smallest absolute Gasteiger partial charge is 0.264 e. The van der Waals surface area contributed by atoms with Crippen molar-refractivity contribution in [2.24, 2.45) is 0 Å². The minimum absolute atomic E-state index is 0.0441. The molecule has 1 atom stereocenters. The molecule has 0 aliphatic carbocycles. The summed E-state index contributed by atoms with van der Waals surface area (Å²) in [5.74, 6) is 0.393. The van der Waals surface area contributed by atoms with Gasteiger partial charge in [-0.05, 0) is 24.1 Å². The number of rotatable bonds is 4. The first-order valence-corrected chi connectivity index (χ1v) is 6.60.